The first-order chi connectivity index (χ1) is 10.8. The van der Waals surface area contributed by atoms with Gasteiger partial charge >= 0.3 is 6.18 Å². The molecule has 0 radical (unpaired) electrons. The number of para-hydroxylation sites is 1. The average Bonchev–Trinajstić information content (AvgIpc) is 2.52. The van der Waals surface area contributed by atoms with Crippen molar-refractivity contribution in [2.45, 2.75) is 31.1 Å². The molecule has 0 unspecified atom stereocenters. The molecular weight excluding hydrogens is 307 g/mol. The molecule has 2 aliphatic rings. The average molecular weight is 327 g/mol. The number of piperidine rings is 1. The van der Waals surface area contributed by atoms with Crippen molar-refractivity contribution < 1.29 is 18.0 Å². The third-order valence-corrected chi connectivity index (χ3v) is 4.89. The SMILES string of the molecule is CN1c2ccccc2C(=O)NC12CCN(CCC(F)(F)F)CC2. The number of likely N-dealkylation sites (tertiary alicyclic amines) is 1. The fourth-order valence-corrected chi connectivity index (χ4v) is 3.44. The van der Waals surface area contributed by atoms with E-state index in [1.807, 2.05) is 30.1 Å². The first-order valence-corrected chi connectivity index (χ1v) is 7.75. The number of carbonyl (C=O) groups is 1. The molecule has 1 fully saturated rings. The van der Waals surface area contributed by atoms with Crippen molar-refractivity contribution in [3.05, 3.63) is 29.8 Å². The highest BCUT2D eigenvalue weighted by atomic mass is 19.4. The molecule has 0 atom stereocenters. The molecule has 0 aliphatic carbocycles. The van der Waals surface area contributed by atoms with E-state index in [4.69, 9.17) is 0 Å². The molecule has 1 saturated heterocycles. The number of benzene rings is 1. The van der Waals surface area contributed by atoms with Crippen LogP contribution in [0.1, 0.15) is 29.6 Å². The second-order valence-electron chi connectivity index (χ2n) is 6.27. The predicted molar refractivity (Wildman–Crippen MR) is 81.4 cm³/mol. The smallest absolute Gasteiger partial charge is 0.351 e. The molecule has 1 aromatic carbocycles. The molecule has 1 N–H and O–H groups in total. The second kappa shape index (κ2) is 5.70. The van der Waals surface area contributed by atoms with Crippen LogP contribution in [-0.2, 0) is 0 Å². The zero-order valence-corrected chi connectivity index (χ0v) is 13.0. The van der Waals surface area contributed by atoms with Gasteiger partial charge in [-0.3, -0.25) is 4.79 Å². The first-order valence-electron chi connectivity index (χ1n) is 7.75. The monoisotopic (exact) mass is 327 g/mol. The van der Waals surface area contributed by atoms with Gasteiger partial charge < -0.3 is 15.1 Å². The number of carbonyl (C=O) groups excluding carboxylic acids is 1. The van der Waals surface area contributed by atoms with Gasteiger partial charge in [-0.05, 0) is 12.1 Å². The summed E-state index contributed by atoms with van der Waals surface area (Å²) in [6, 6.07) is 7.41. The maximum atomic E-state index is 12.3. The Kier molecular flexibility index (Phi) is 4.00. The van der Waals surface area contributed by atoms with Crippen LogP contribution in [0.4, 0.5) is 18.9 Å². The first kappa shape index (κ1) is 16.1. The lowest BCUT2D eigenvalue weighted by Gasteiger charge is -2.51. The zero-order chi connectivity index (χ0) is 16.7. The number of halogens is 3. The van der Waals surface area contributed by atoms with Gasteiger partial charge in [0.25, 0.3) is 5.91 Å². The van der Waals surface area contributed by atoms with E-state index in [0.717, 1.165) is 5.69 Å². The van der Waals surface area contributed by atoms with Gasteiger partial charge in [0, 0.05) is 39.5 Å². The molecule has 2 aliphatic heterocycles. The van der Waals surface area contributed by atoms with E-state index in [1.165, 1.54) is 0 Å². The van der Waals surface area contributed by atoms with Crippen LogP contribution < -0.4 is 10.2 Å². The van der Waals surface area contributed by atoms with Gasteiger partial charge in [0.05, 0.1) is 17.7 Å². The van der Waals surface area contributed by atoms with Crippen molar-refractivity contribution in [3.8, 4) is 0 Å². The minimum atomic E-state index is -4.12. The van der Waals surface area contributed by atoms with Crippen LogP contribution in [-0.4, -0.2) is 49.3 Å². The Morgan fingerprint density at radius 2 is 1.87 bits per heavy atom. The molecule has 126 valence electrons. The lowest BCUT2D eigenvalue weighted by molar-refractivity contribution is -0.138. The number of fused-ring (bicyclic) bond motifs is 1. The summed E-state index contributed by atoms with van der Waals surface area (Å²) in [7, 11) is 1.93. The molecule has 2 heterocycles. The third-order valence-electron chi connectivity index (χ3n) is 4.89. The van der Waals surface area contributed by atoms with E-state index in [-0.39, 0.29) is 12.5 Å². The Hall–Kier alpha value is -1.76. The highest BCUT2D eigenvalue weighted by Gasteiger charge is 2.44. The van der Waals surface area contributed by atoms with Crippen LogP contribution in [0.2, 0.25) is 0 Å². The highest BCUT2D eigenvalue weighted by molar-refractivity contribution is 6.02. The van der Waals surface area contributed by atoms with Crippen molar-refractivity contribution in [1.82, 2.24) is 10.2 Å². The van der Waals surface area contributed by atoms with E-state index >= 15 is 0 Å². The fourth-order valence-electron chi connectivity index (χ4n) is 3.44. The Balaban J connectivity index is 1.70. The van der Waals surface area contributed by atoms with Crippen LogP contribution in [0.5, 0.6) is 0 Å². The van der Waals surface area contributed by atoms with E-state index in [1.54, 1.807) is 6.07 Å². The quantitative estimate of drug-likeness (QED) is 0.907. The molecule has 3 rings (SSSR count). The van der Waals surface area contributed by atoms with Gasteiger partial charge in [0.1, 0.15) is 5.66 Å². The predicted octanol–water partition coefficient (Wildman–Crippen LogP) is 2.61. The Morgan fingerprint density at radius 1 is 1.22 bits per heavy atom. The van der Waals surface area contributed by atoms with Crippen LogP contribution in [0, 0.1) is 0 Å². The van der Waals surface area contributed by atoms with Crippen molar-refractivity contribution >= 4 is 11.6 Å². The van der Waals surface area contributed by atoms with E-state index in [0.29, 0.717) is 31.5 Å². The lowest BCUT2D eigenvalue weighted by Crippen LogP contribution is -2.66. The molecule has 1 spiro atoms. The molecule has 0 aromatic heterocycles. The van der Waals surface area contributed by atoms with Gasteiger partial charge in [-0.2, -0.15) is 13.2 Å². The Labute approximate surface area is 133 Å². The fraction of sp³-hybridized carbons (Fsp3) is 0.562. The van der Waals surface area contributed by atoms with Gasteiger partial charge in [0.15, 0.2) is 0 Å². The van der Waals surface area contributed by atoms with Crippen molar-refractivity contribution in [2.24, 2.45) is 0 Å². The summed E-state index contributed by atoms with van der Waals surface area (Å²) in [5, 5.41) is 3.07. The van der Waals surface area contributed by atoms with Gasteiger partial charge in [-0.15, -0.1) is 0 Å². The number of amides is 1. The number of hydrogen-bond acceptors (Lipinski definition) is 3. The maximum Gasteiger partial charge on any atom is 0.390 e. The number of nitrogens with zero attached hydrogens (tertiary/aromatic N) is 2. The molecule has 0 bridgehead atoms. The Bertz CT molecular complexity index is 594. The molecule has 7 heteroatoms. The van der Waals surface area contributed by atoms with Gasteiger partial charge in [-0.25, -0.2) is 0 Å². The summed E-state index contributed by atoms with van der Waals surface area (Å²) >= 11 is 0. The minimum absolute atomic E-state index is 0.0217. The zero-order valence-electron chi connectivity index (χ0n) is 13.0. The maximum absolute atomic E-state index is 12.3. The topological polar surface area (TPSA) is 35.6 Å². The van der Waals surface area contributed by atoms with Crippen molar-refractivity contribution in [3.63, 3.8) is 0 Å². The highest BCUT2D eigenvalue weighted by Crippen LogP contribution is 2.36. The minimum Gasteiger partial charge on any atom is -0.351 e. The number of nitrogens with one attached hydrogen (secondary N) is 1. The van der Waals surface area contributed by atoms with Crippen molar-refractivity contribution in [1.29, 1.82) is 0 Å². The number of alkyl halides is 3. The van der Waals surface area contributed by atoms with Crippen LogP contribution in [0.3, 0.4) is 0 Å². The Morgan fingerprint density at radius 3 is 2.52 bits per heavy atom. The summed E-state index contributed by atoms with van der Waals surface area (Å²) in [5.41, 5.74) is 1.01. The van der Waals surface area contributed by atoms with Gasteiger partial charge in [0.2, 0.25) is 0 Å². The van der Waals surface area contributed by atoms with E-state index in [2.05, 4.69) is 10.2 Å². The van der Waals surface area contributed by atoms with Crippen LogP contribution in [0.15, 0.2) is 24.3 Å². The molecule has 1 aromatic rings. The summed E-state index contributed by atoms with van der Waals surface area (Å²) in [4.78, 5) is 16.2. The normalized spacial score (nSPS) is 21.2. The third kappa shape index (κ3) is 3.15. The number of rotatable bonds is 2. The van der Waals surface area contributed by atoms with Crippen LogP contribution in [0.25, 0.3) is 0 Å². The van der Waals surface area contributed by atoms with Crippen LogP contribution >= 0.6 is 0 Å². The number of anilines is 1. The van der Waals surface area contributed by atoms with E-state index in [9.17, 15) is 18.0 Å². The summed E-state index contributed by atoms with van der Waals surface area (Å²) in [6.45, 7) is 1.11. The molecule has 23 heavy (non-hydrogen) atoms. The van der Waals surface area contributed by atoms with Crippen molar-refractivity contribution in [2.75, 3.05) is 31.6 Å². The van der Waals surface area contributed by atoms with Gasteiger partial charge in [-0.1, -0.05) is 12.1 Å². The van der Waals surface area contributed by atoms with E-state index < -0.39 is 18.3 Å². The standard InChI is InChI=1S/C16H20F3N3O/c1-21-13-5-3-2-4-12(13)14(23)20-15(21)6-9-22(10-7-15)11-8-16(17,18)19/h2-5H,6-11H2,1H3,(H,20,23). The lowest BCUT2D eigenvalue weighted by atomic mass is 9.90. The number of hydrogen-bond donors (Lipinski definition) is 1. The molecule has 4 nitrogen and oxygen atoms in total. The summed E-state index contributed by atoms with van der Waals surface area (Å²) in [6.07, 6.45) is -3.68. The second-order valence-corrected chi connectivity index (χ2v) is 6.27. The summed E-state index contributed by atoms with van der Waals surface area (Å²) < 4.78 is 37.0. The molecule has 1 amide bonds. The molecule has 0 saturated carbocycles. The molecular formula is C16H20F3N3O. The summed E-state index contributed by atoms with van der Waals surface area (Å²) in [5.74, 6) is -0.109. The largest absolute Gasteiger partial charge is 0.390 e.